The summed E-state index contributed by atoms with van der Waals surface area (Å²) < 4.78 is 50.8. The summed E-state index contributed by atoms with van der Waals surface area (Å²) in [5.41, 5.74) is 6.11. The lowest BCUT2D eigenvalue weighted by molar-refractivity contribution is -0.140. The van der Waals surface area contributed by atoms with E-state index >= 15 is 0 Å². The zero-order valence-corrected chi connectivity index (χ0v) is 19.7. The standard InChI is InChI=1S/C26H25F3N4O3/c1-3-7-18(15-8-5-4-6-9-15)31-24(34)23-20(14-30)36-25(33-23)17-10-12-19(35-2)22-16(17)11-13-21(32-22)26(27,28)29/h4-6,8-13,18H,3,7,14,30H2,1-2H3,(H,31,34)/t18-/m1/s1. The van der Waals surface area contributed by atoms with E-state index in [2.05, 4.69) is 15.3 Å². The molecule has 0 aliphatic rings. The highest BCUT2D eigenvalue weighted by molar-refractivity contribution is 5.98. The van der Waals surface area contributed by atoms with Crippen molar-refractivity contribution in [1.82, 2.24) is 15.3 Å². The summed E-state index contributed by atoms with van der Waals surface area (Å²) in [6.45, 7) is 1.93. The number of halogens is 3. The molecular formula is C26H25F3N4O3. The number of oxazole rings is 1. The lowest BCUT2D eigenvalue weighted by Gasteiger charge is -2.18. The second-order valence-corrected chi connectivity index (χ2v) is 8.13. The van der Waals surface area contributed by atoms with Crippen LogP contribution in [-0.2, 0) is 12.7 Å². The van der Waals surface area contributed by atoms with Gasteiger partial charge in [-0.25, -0.2) is 9.97 Å². The number of hydrogen-bond acceptors (Lipinski definition) is 6. The van der Waals surface area contributed by atoms with Crippen LogP contribution >= 0.6 is 0 Å². The van der Waals surface area contributed by atoms with Gasteiger partial charge in [-0.2, -0.15) is 13.2 Å². The normalized spacial score (nSPS) is 12.5. The first-order chi connectivity index (χ1) is 17.3. The Kier molecular flexibility index (Phi) is 7.25. The van der Waals surface area contributed by atoms with Crippen molar-refractivity contribution in [2.24, 2.45) is 5.73 Å². The molecule has 0 saturated carbocycles. The molecule has 2 aromatic carbocycles. The van der Waals surface area contributed by atoms with E-state index in [1.165, 1.54) is 19.2 Å². The lowest BCUT2D eigenvalue weighted by atomic mass is 10.0. The molecular weight excluding hydrogens is 473 g/mol. The van der Waals surface area contributed by atoms with E-state index in [4.69, 9.17) is 14.9 Å². The SMILES string of the molecule is CCC[C@@H](NC(=O)c1nc(-c2ccc(OC)c3nc(C(F)(F)F)ccc23)oc1CN)c1ccccc1. The Morgan fingerprint density at radius 1 is 1.11 bits per heavy atom. The predicted octanol–water partition coefficient (Wildman–Crippen LogP) is 5.65. The van der Waals surface area contributed by atoms with Crippen LogP contribution in [0.25, 0.3) is 22.4 Å². The van der Waals surface area contributed by atoms with Gasteiger partial charge in [0.25, 0.3) is 5.91 Å². The summed E-state index contributed by atoms with van der Waals surface area (Å²) in [5, 5.41) is 3.32. The number of ether oxygens (including phenoxy) is 1. The van der Waals surface area contributed by atoms with Crippen molar-refractivity contribution in [3.05, 3.63) is 77.3 Å². The molecule has 0 radical (unpaired) electrons. The number of rotatable bonds is 8. The van der Waals surface area contributed by atoms with Crippen LogP contribution in [0.2, 0.25) is 0 Å². The zero-order valence-electron chi connectivity index (χ0n) is 19.7. The van der Waals surface area contributed by atoms with Gasteiger partial charge >= 0.3 is 6.18 Å². The minimum atomic E-state index is -4.62. The average molecular weight is 499 g/mol. The molecule has 4 aromatic rings. The van der Waals surface area contributed by atoms with Gasteiger partial charge in [0.1, 0.15) is 17.0 Å². The maximum absolute atomic E-state index is 13.3. The number of nitrogens with zero attached hydrogens (tertiary/aromatic N) is 2. The van der Waals surface area contributed by atoms with Crippen LogP contribution in [0.15, 0.2) is 59.0 Å². The van der Waals surface area contributed by atoms with Crippen LogP contribution in [0.3, 0.4) is 0 Å². The maximum Gasteiger partial charge on any atom is 0.433 e. The molecule has 2 heterocycles. The van der Waals surface area contributed by atoms with Crippen molar-refractivity contribution in [3.8, 4) is 17.2 Å². The highest BCUT2D eigenvalue weighted by atomic mass is 19.4. The Morgan fingerprint density at radius 3 is 2.50 bits per heavy atom. The summed E-state index contributed by atoms with van der Waals surface area (Å²) in [7, 11) is 1.34. The van der Waals surface area contributed by atoms with Gasteiger partial charge in [-0.05, 0) is 36.2 Å². The van der Waals surface area contributed by atoms with Crippen LogP contribution < -0.4 is 15.8 Å². The maximum atomic E-state index is 13.3. The summed E-state index contributed by atoms with van der Waals surface area (Å²) in [6, 6.07) is 14.6. The third kappa shape index (κ3) is 5.03. The molecule has 4 rings (SSSR count). The minimum Gasteiger partial charge on any atom is -0.494 e. The molecule has 0 bridgehead atoms. The van der Waals surface area contributed by atoms with Crippen molar-refractivity contribution in [1.29, 1.82) is 0 Å². The lowest BCUT2D eigenvalue weighted by Crippen LogP contribution is -2.29. The van der Waals surface area contributed by atoms with Crippen LogP contribution in [0.5, 0.6) is 5.75 Å². The number of amides is 1. The molecule has 2 aromatic heterocycles. The molecule has 10 heteroatoms. The average Bonchev–Trinajstić information content (AvgIpc) is 3.32. The number of pyridine rings is 1. The van der Waals surface area contributed by atoms with Crippen LogP contribution in [0.4, 0.5) is 13.2 Å². The topological polar surface area (TPSA) is 103 Å². The summed E-state index contributed by atoms with van der Waals surface area (Å²) in [6.07, 6.45) is -3.06. The van der Waals surface area contributed by atoms with E-state index in [0.29, 0.717) is 10.9 Å². The van der Waals surface area contributed by atoms with Crippen molar-refractivity contribution in [2.75, 3.05) is 7.11 Å². The predicted molar refractivity (Wildman–Crippen MR) is 128 cm³/mol. The number of nitrogens with one attached hydrogen (secondary N) is 1. The highest BCUT2D eigenvalue weighted by Crippen LogP contribution is 2.37. The number of hydrogen-bond donors (Lipinski definition) is 2. The molecule has 7 nitrogen and oxygen atoms in total. The first-order valence-corrected chi connectivity index (χ1v) is 11.4. The zero-order chi connectivity index (χ0) is 25.9. The van der Waals surface area contributed by atoms with Crippen LogP contribution in [0, 0.1) is 0 Å². The third-order valence-corrected chi connectivity index (χ3v) is 5.74. The second-order valence-electron chi connectivity index (χ2n) is 8.13. The number of methoxy groups -OCH3 is 1. The van der Waals surface area contributed by atoms with E-state index in [1.54, 1.807) is 6.07 Å². The Hall–Kier alpha value is -3.92. The van der Waals surface area contributed by atoms with E-state index in [1.807, 2.05) is 37.3 Å². The van der Waals surface area contributed by atoms with Crippen molar-refractivity contribution in [2.45, 2.75) is 38.5 Å². The molecule has 0 aliphatic heterocycles. The van der Waals surface area contributed by atoms with Gasteiger partial charge in [0.05, 0.1) is 19.7 Å². The van der Waals surface area contributed by atoms with Gasteiger partial charge in [-0.1, -0.05) is 43.7 Å². The molecule has 36 heavy (non-hydrogen) atoms. The van der Waals surface area contributed by atoms with E-state index < -0.39 is 17.8 Å². The highest BCUT2D eigenvalue weighted by Gasteiger charge is 2.33. The number of aromatic nitrogens is 2. The first kappa shape index (κ1) is 25.2. The Labute approximate surface area is 205 Å². The van der Waals surface area contributed by atoms with Crippen molar-refractivity contribution in [3.63, 3.8) is 0 Å². The number of alkyl halides is 3. The molecule has 1 amide bonds. The fourth-order valence-corrected chi connectivity index (χ4v) is 4.01. The summed E-state index contributed by atoms with van der Waals surface area (Å²) in [5.74, 6) is -0.0899. The van der Waals surface area contributed by atoms with E-state index in [-0.39, 0.29) is 41.2 Å². The quantitative estimate of drug-likeness (QED) is 0.326. The molecule has 3 N–H and O–H groups in total. The van der Waals surface area contributed by atoms with E-state index in [0.717, 1.165) is 24.5 Å². The molecule has 0 fully saturated rings. The molecule has 0 unspecified atom stereocenters. The molecule has 0 aliphatic carbocycles. The minimum absolute atomic E-state index is 0.00425. The van der Waals surface area contributed by atoms with Gasteiger partial charge in [-0.15, -0.1) is 0 Å². The monoisotopic (exact) mass is 498 g/mol. The van der Waals surface area contributed by atoms with E-state index in [9.17, 15) is 18.0 Å². The summed E-state index contributed by atoms with van der Waals surface area (Å²) >= 11 is 0. The van der Waals surface area contributed by atoms with Gasteiger partial charge in [0.15, 0.2) is 11.5 Å². The number of nitrogens with two attached hydrogens (primary N) is 1. The van der Waals surface area contributed by atoms with Gasteiger partial charge in [-0.3, -0.25) is 4.79 Å². The van der Waals surface area contributed by atoms with Crippen LogP contribution in [0.1, 0.15) is 53.3 Å². The number of carbonyl (C=O) groups excluding carboxylic acids is 1. The Bertz CT molecular complexity index is 1370. The molecule has 1 atom stereocenters. The fourth-order valence-electron chi connectivity index (χ4n) is 4.01. The van der Waals surface area contributed by atoms with Crippen LogP contribution in [-0.4, -0.2) is 23.0 Å². The smallest absolute Gasteiger partial charge is 0.433 e. The summed E-state index contributed by atoms with van der Waals surface area (Å²) in [4.78, 5) is 21.3. The number of fused-ring (bicyclic) bond motifs is 1. The third-order valence-electron chi connectivity index (χ3n) is 5.74. The number of benzene rings is 2. The fraction of sp³-hybridized carbons (Fsp3) is 0.269. The first-order valence-electron chi connectivity index (χ1n) is 11.4. The second kappa shape index (κ2) is 10.4. The molecule has 0 spiro atoms. The largest absolute Gasteiger partial charge is 0.494 e. The van der Waals surface area contributed by atoms with Gasteiger partial charge in [0, 0.05) is 10.9 Å². The van der Waals surface area contributed by atoms with Gasteiger partial charge in [0.2, 0.25) is 5.89 Å². The Balaban J connectivity index is 1.74. The Morgan fingerprint density at radius 2 is 1.86 bits per heavy atom. The molecule has 188 valence electrons. The van der Waals surface area contributed by atoms with Crippen molar-refractivity contribution >= 4 is 16.8 Å². The molecule has 0 saturated heterocycles. The van der Waals surface area contributed by atoms with Crippen molar-refractivity contribution < 1.29 is 27.1 Å². The van der Waals surface area contributed by atoms with Gasteiger partial charge < -0.3 is 20.2 Å². The number of carbonyl (C=O) groups is 1.